The van der Waals surface area contributed by atoms with Gasteiger partial charge in [-0.2, -0.15) is 0 Å². The highest BCUT2D eigenvalue weighted by molar-refractivity contribution is 4.44. The number of quaternary nitrogens is 2. The third kappa shape index (κ3) is 37.3. The van der Waals surface area contributed by atoms with Gasteiger partial charge in [-0.15, -0.1) is 0 Å². The fourth-order valence-corrected chi connectivity index (χ4v) is 2.21. The van der Waals surface area contributed by atoms with Crippen LogP contribution in [0.2, 0.25) is 0 Å². The van der Waals surface area contributed by atoms with Crippen LogP contribution in [0.4, 0.5) is 0 Å². The summed E-state index contributed by atoms with van der Waals surface area (Å²) in [4.78, 5) is 0. The Hall–Kier alpha value is 0.880. The lowest BCUT2D eigenvalue weighted by Gasteiger charge is -2.23. The minimum Gasteiger partial charge on any atom is -1.00 e. The maximum atomic E-state index is 2.27. The molecule has 0 aromatic heterocycles. The normalized spacial score (nSPS) is 10.9. The Labute approximate surface area is 163 Å². The van der Waals surface area contributed by atoms with Gasteiger partial charge in [0, 0.05) is 0 Å². The van der Waals surface area contributed by atoms with E-state index in [1.165, 1.54) is 64.5 Å². The molecule has 0 amide bonds. The highest BCUT2D eigenvalue weighted by Gasteiger charge is 2.04. The number of unbranched alkanes of at least 4 members (excludes halogenated alkanes) is 6. The second kappa shape index (κ2) is 18.2. The van der Waals surface area contributed by atoms with Gasteiger partial charge in [0.1, 0.15) is 0 Å². The van der Waals surface area contributed by atoms with Gasteiger partial charge in [0.25, 0.3) is 0 Å². The maximum Gasteiger partial charge on any atom is 0.0780 e. The third-order valence-corrected chi connectivity index (χ3v) is 3.33. The van der Waals surface area contributed by atoms with Gasteiger partial charge >= 0.3 is 0 Å². The van der Waals surface area contributed by atoms with Gasteiger partial charge in [-0.3, -0.25) is 0 Å². The lowest BCUT2D eigenvalue weighted by atomic mass is 10.1. The molecule has 0 atom stereocenters. The summed E-state index contributed by atoms with van der Waals surface area (Å²) in [6.07, 6.45) is 11.2. The molecule has 0 saturated carbocycles. The first-order valence-corrected chi connectivity index (χ1v) is 8.73. The first-order chi connectivity index (χ1) is 9.12. The highest BCUT2D eigenvalue weighted by Crippen LogP contribution is 2.07. The van der Waals surface area contributed by atoms with Gasteiger partial charge < -0.3 is 42.9 Å². The first-order valence-electron chi connectivity index (χ1n) is 8.73. The monoisotopic (exact) mass is 446 g/mol. The van der Waals surface area contributed by atoms with E-state index in [1.807, 2.05) is 0 Å². The zero-order chi connectivity index (χ0) is 16.1. The molecule has 140 valence electrons. The number of hydrogen-bond acceptors (Lipinski definition) is 0. The van der Waals surface area contributed by atoms with Gasteiger partial charge in [0.05, 0.1) is 55.4 Å². The number of rotatable bonds is 10. The minimum absolute atomic E-state index is 0. The number of hydrogen-bond donors (Lipinski definition) is 0. The molecular weight excluding hydrogens is 404 g/mol. The van der Waals surface area contributed by atoms with Crippen LogP contribution in [0.1, 0.15) is 65.2 Å². The quantitative estimate of drug-likeness (QED) is 0.284. The van der Waals surface area contributed by atoms with Crippen molar-refractivity contribution in [1.29, 1.82) is 0 Å². The molecule has 0 unspecified atom stereocenters. The van der Waals surface area contributed by atoms with Crippen molar-refractivity contribution in [1.82, 2.24) is 0 Å². The van der Waals surface area contributed by atoms with E-state index in [0.717, 1.165) is 8.97 Å². The van der Waals surface area contributed by atoms with Crippen LogP contribution >= 0.6 is 0 Å². The molecule has 0 aromatic carbocycles. The lowest BCUT2D eigenvalue weighted by Crippen LogP contribution is -3.00. The number of nitrogens with zero attached hydrogens (tertiary/aromatic N) is 2. The van der Waals surface area contributed by atoms with Crippen molar-refractivity contribution in [2.45, 2.75) is 65.2 Å². The fourth-order valence-electron chi connectivity index (χ4n) is 2.21. The molecule has 0 radical (unpaired) electrons. The van der Waals surface area contributed by atoms with E-state index in [4.69, 9.17) is 0 Å². The minimum atomic E-state index is 0. The van der Waals surface area contributed by atoms with E-state index in [1.54, 1.807) is 0 Å². The van der Waals surface area contributed by atoms with E-state index in [2.05, 4.69) is 56.1 Å². The Morgan fingerprint density at radius 1 is 0.455 bits per heavy atom. The van der Waals surface area contributed by atoms with Crippen molar-refractivity contribution < 1.29 is 42.9 Å². The Balaban J connectivity index is -0.000000156. The highest BCUT2D eigenvalue weighted by atomic mass is 79.9. The Kier molecular flexibility index (Phi) is 25.5. The summed E-state index contributed by atoms with van der Waals surface area (Å²) in [6.45, 7) is 7.09. The average Bonchev–Trinajstić information content (AvgIpc) is 2.25. The van der Waals surface area contributed by atoms with E-state index in [9.17, 15) is 0 Å². The molecule has 0 aliphatic heterocycles. The topological polar surface area (TPSA) is 0 Å². The van der Waals surface area contributed by atoms with Crippen molar-refractivity contribution in [2.24, 2.45) is 0 Å². The van der Waals surface area contributed by atoms with Crippen LogP contribution in [0.25, 0.3) is 0 Å². The van der Waals surface area contributed by atoms with Crippen LogP contribution in [0, 0.1) is 0 Å². The Morgan fingerprint density at radius 3 is 1.09 bits per heavy atom. The summed E-state index contributed by atoms with van der Waals surface area (Å²) in [5.74, 6) is 0. The van der Waals surface area contributed by atoms with Gasteiger partial charge in [-0.05, 0) is 19.3 Å². The first kappa shape index (κ1) is 30.7. The molecule has 0 spiro atoms. The lowest BCUT2D eigenvalue weighted by molar-refractivity contribution is -0.870. The zero-order valence-corrected chi connectivity index (χ0v) is 19.9. The van der Waals surface area contributed by atoms with Crippen molar-refractivity contribution in [2.75, 3.05) is 55.4 Å². The van der Waals surface area contributed by atoms with Gasteiger partial charge in [0.2, 0.25) is 0 Å². The van der Waals surface area contributed by atoms with Crippen LogP contribution in [0.5, 0.6) is 0 Å². The molecule has 0 heterocycles. The SMILES string of the molecule is CCCCCCCCC[N+](C)(C)C.CCC[N+](C)(C)C.[Br-].[Br-]. The zero-order valence-electron chi connectivity index (χ0n) is 16.7. The standard InChI is InChI=1S/C12H28N.C6H16N.2BrH/c1-5-6-7-8-9-10-11-12-13(2,3)4;1-5-6-7(2,3)4;;/h5-12H2,1-4H3;5-6H2,1-4H3;2*1H/q2*+1;;/p-2. The summed E-state index contributed by atoms with van der Waals surface area (Å²) in [7, 11) is 13.5. The van der Waals surface area contributed by atoms with E-state index in [-0.39, 0.29) is 34.0 Å². The molecule has 0 fully saturated rings. The third-order valence-electron chi connectivity index (χ3n) is 3.33. The molecule has 0 bridgehead atoms. The van der Waals surface area contributed by atoms with E-state index < -0.39 is 0 Å². The molecule has 2 nitrogen and oxygen atoms in total. The summed E-state index contributed by atoms with van der Waals surface area (Å²) in [6, 6.07) is 0. The molecule has 0 aliphatic rings. The van der Waals surface area contributed by atoms with Crippen LogP contribution in [-0.4, -0.2) is 64.3 Å². The predicted molar refractivity (Wildman–Crippen MR) is 94.1 cm³/mol. The molecule has 4 heteroatoms. The molecule has 0 saturated heterocycles. The smallest absolute Gasteiger partial charge is 0.0780 e. The number of halogens is 2. The summed E-state index contributed by atoms with van der Waals surface area (Å²) in [5, 5.41) is 0. The van der Waals surface area contributed by atoms with Crippen LogP contribution in [-0.2, 0) is 0 Å². The maximum absolute atomic E-state index is 2.27. The summed E-state index contributed by atoms with van der Waals surface area (Å²) < 4.78 is 2.21. The Morgan fingerprint density at radius 2 is 0.818 bits per heavy atom. The van der Waals surface area contributed by atoms with Crippen molar-refractivity contribution >= 4 is 0 Å². The van der Waals surface area contributed by atoms with Crippen LogP contribution in [0.3, 0.4) is 0 Å². The van der Waals surface area contributed by atoms with E-state index >= 15 is 0 Å². The van der Waals surface area contributed by atoms with Crippen molar-refractivity contribution in [3.8, 4) is 0 Å². The summed E-state index contributed by atoms with van der Waals surface area (Å²) in [5.41, 5.74) is 0. The molecule has 22 heavy (non-hydrogen) atoms. The van der Waals surface area contributed by atoms with Crippen molar-refractivity contribution in [3.05, 3.63) is 0 Å². The molecule has 0 aliphatic carbocycles. The molecule has 0 aromatic rings. The van der Waals surface area contributed by atoms with Crippen LogP contribution in [0.15, 0.2) is 0 Å². The molecular formula is C18H44Br2N2. The molecule has 0 rings (SSSR count). The fraction of sp³-hybridized carbons (Fsp3) is 1.00. The van der Waals surface area contributed by atoms with Gasteiger partial charge in [0.15, 0.2) is 0 Å². The molecule has 0 N–H and O–H groups in total. The van der Waals surface area contributed by atoms with E-state index in [0.29, 0.717) is 0 Å². The largest absolute Gasteiger partial charge is 1.00 e. The second-order valence-electron chi connectivity index (χ2n) is 8.15. The van der Waals surface area contributed by atoms with Gasteiger partial charge in [-0.1, -0.05) is 46.0 Å². The Bertz CT molecular complexity index is 196. The average molecular weight is 448 g/mol. The van der Waals surface area contributed by atoms with Crippen molar-refractivity contribution in [3.63, 3.8) is 0 Å². The second-order valence-corrected chi connectivity index (χ2v) is 8.15. The predicted octanol–water partition coefficient (Wildman–Crippen LogP) is -1.45. The summed E-state index contributed by atoms with van der Waals surface area (Å²) >= 11 is 0. The van der Waals surface area contributed by atoms with Gasteiger partial charge in [-0.25, -0.2) is 0 Å². The van der Waals surface area contributed by atoms with Crippen LogP contribution < -0.4 is 34.0 Å².